The second-order valence-electron chi connectivity index (χ2n) is 7.98. The minimum Gasteiger partial charge on any atom is -0.497 e. The van der Waals surface area contributed by atoms with E-state index in [0.717, 1.165) is 10.2 Å². The van der Waals surface area contributed by atoms with Crippen LogP contribution in [0.2, 0.25) is 5.02 Å². The standard InChI is InChI=1S/C23H18ClF3N4O2/c1-33-16-4-2-3-13(9-16)14-10-17-19(18(32)11-14)20(12-5-7-15(24)8-6-12)31-22(28-17)29-21(30-31)23(25,26)27/h2-9,14,20H,10-11H2,1H3,(H,28,29,30). The number of aromatic nitrogens is 3. The minimum atomic E-state index is -4.72. The zero-order chi connectivity index (χ0) is 23.3. The highest BCUT2D eigenvalue weighted by Crippen LogP contribution is 2.45. The molecule has 10 heteroatoms. The highest BCUT2D eigenvalue weighted by atomic mass is 35.5. The second kappa shape index (κ2) is 7.91. The third-order valence-electron chi connectivity index (χ3n) is 5.92. The molecule has 5 rings (SSSR count). The van der Waals surface area contributed by atoms with Crippen molar-refractivity contribution < 1.29 is 22.7 Å². The maximum Gasteiger partial charge on any atom is 0.453 e. The van der Waals surface area contributed by atoms with Crippen molar-refractivity contribution in [2.45, 2.75) is 31.0 Å². The number of nitrogens with one attached hydrogen (secondary N) is 1. The van der Waals surface area contributed by atoms with Crippen LogP contribution in [0, 0.1) is 0 Å². The van der Waals surface area contributed by atoms with Gasteiger partial charge in [-0.25, -0.2) is 4.68 Å². The molecule has 0 radical (unpaired) electrons. The highest BCUT2D eigenvalue weighted by Gasteiger charge is 2.43. The van der Waals surface area contributed by atoms with Gasteiger partial charge in [0.25, 0.3) is 5.82 Å². The number of allylic oxidation sites excluding steroid dienone is 2. The topological polar surface area (TPSA) is 69.0 Å². The molecule has 2 aromatic carbocycles. The van der Waals surface area contributed by atoms with E-state index in [1.807, 2.05) is 24.3 Å². The molecule has 0 saturated carbocycles. The molecular weight excluding hydrogens is 457 g/mol. The smallest absolute Gasteiger partial charge is 0.453 e. The minimum absolute atomic E-state index is 0.0554. The number of benzene rings is 2. The summed E-state index contributed by atoms with van der Waals surface area (Å²) in [5.74, 6) is -0.960. The molecule has 0 fully saturated rings. The van der Waals surface area contributed by atoms with E-state index in [4.69, 9.17) is 16.3 Å². The number of hydrogen-bond donors (Lipinski definition) is 1. The molecule has 1 aliphatic heterocycles. The summed E-state index contributed by atoms with van der Waals surface area (Å²) in [7, 11) is 1.57. The molecule has 2 unspecified atom stereocenters. The van der Waals surface area contributed by atoms with Gasteiger partial charge in [-0.1, -0.05) is 35.9 Å². The van der Waals surface area contributed by atoms with Gasteiger partial charge in [0.15, 0.2) is 5.78 Å². The van der Waals surface area contributed by atoms with Crippen molar-refractivity contribution in [1.82, 2.24) is 14.8 Å². The molecule has 3 aromatic rings. The first-order valence-electron chi connectivity index (χ1n) is 10.2. The summed E-state index contributed by atoms with van der Waals surface area (Å²) in [4.78, 5) is 17.1. The van der Waals surface area contributed by atoms with E-state index >= 15 is 0 Å². The van der Waals surface area contributed by atoms with Crippen LogP contribution in [0.25, 0.3) is 0 Å². The number of alkyl halides is 3. The first-order chi connectivity index (χ1) is 15.7. The van der Waals surface area contributed by atoms with Gasteiger partial charge in [-0.3, -0.25) is 4.79 Å². The highest BCUT2D eigenvalue weighted by molar-refractivity contribution is 6.30. The third kappa shape index (κ3) is 3.86. The Bertz CT molecular complexity index is 1270. The number of nitrogens with zero attached hydrogens (tertiary/aromatic N) is 3. The van der Waals surface area contributed by atoms with Crippen molar-refractivity contribution in [3.8, 4) is 5.75 Å². The third-order valence-corrected chi connectivity index (χ3v) is 6.18. The summed E-state index contributed by atoms with van der Waals surface area (Å²) < 4.78 is 46.6. The number of anilines is 1. The first-order valence-corrected chi connectivity index (χ1v) is 10.6. The summed E-state index contributed by atoms with van der Waals surface area (Å²) in [6, 6.07) is 13.2. The van der Waals surface area contributed by atoms with Crippen LogP contribution in [-0.4, -0.2) is 27.7 Å². The van der Waals surface area contributed by atoms with Gasteiger partial charge in [-0.2, -0.15) is 18.2 Å². The van der Waals surface area contributed by atoms with Gasteiger partial charge >= 0.3 is 6.18 Å². The predicted molar refractivity (Wildman–Crippen MR) is 115 cm³/mol. The Hall–Kier alpha value is -3.33. The molecule has 2 heterocycles. The van der Waals surface area contributed by atoms with Crippen LogP contribution in [0.4, 0.5) is 19.1 Å². The number of methoxy groups -OCH3 is 1. The summed E-state index contributed by atoms with van der Waals surface area (Å²) in [5.41, 5.74) is 2.46. The van der Waals surface area contributed by atoms with Crippen molar-refractivity contribution in [1.29, 1.82) is 0 Å². The van der Waals surface area contributed by atoms with Gasteiger partial charge in [0.05, 0.1) is 7.11 Å². The van der Waals surface area contributed by atoms with E-state index in [2.05, 4.69) is 15.4 Å². The molecule has 2 atom stereocenters. The van der Waals surface area contributed by atoms with Crippen molar-refractivity contribution >= 4 is 23.3 Å². The Morgan fingerprint density at radius 1 is 1.12 bits per heavy atom. The molecule has 33 heavy (non-hydrogen) atoms. The second-order valence-corrected chi connectivity index (χ2v) is 8.41. The van der Waals surface area contributed by atoms with Crippen LogP contribution in [0.15, 0.2) is 59.8 Å². The fourth-order valence-electron chi connectivity index (χ4n) is 4.42. The monoisotopic (exact) mass is 474 g/mol. The van der Waals surface area contributed by atoms with Gasteiger partial charge in [-0.15, -0.1) is 5.10 Å². The molecule has 2 aliphatic rings. The maximum atomic E-state index is 13.4. The van der Waals surface area contributed by atoms with Gasteiger partial charge in [0.2, 0.25) is 5.95 Å². The summed E-state index contributed by atoms with van der Waals surface area (Å²) >= 11 is 6.01. The number of hydrogen-bond acceptors (Lipinski definition) is 5. The Morgan fingerprint density at radius 2 is 1.88 bits per heavy atom. The number of carbonyl (C=O) groups excluding carboxylic acids is 1. The normalized spacial score (nSPS) is 20.2. The number of fused-ring (bicyclic) bond motifs is 1. The van der Waals surface area contributed by atoms with E-state index in [-0.39, 0.29) is 24.1 Å². The summed E-state index contributed by atoms with van der Waals surface area (Å²) in [6.07, 6.45) is -4.06. The van der Waals surface area contributed by atoms with Crippen LogP contribution in [0.3, 0.4) is 0 Å². The molecule has 0 spiro atoms. The molecule has 0 bridgehead atoms. The van der Waals surface area contributed by atoms with Crippen molar-refractivity contribution in [3.05, 3.63) is 81.8 Å². The average molecular weight is 475 g/mol. The van der Waals surface area contributed by atoms with Crippen LogP contribution in [-0.2, 0) is 11.0 Å². The lowest BCUT2D eigenvalue weighted by atomic mass is 9.78. The molecule has 1 N–H and O–H groups in total. The summed E-state index contributed by atoms with van der Waals surface area (Å²) in [6.45, 7) is 0. The SMILES string of the molecule is COc1cccc(C2CC(=O)C3=C(C2)Nc2nc(C(F)(F)F)nn2C3c2ccc(Cl)cc2)c1. The van der Waals surface area contributed by atoms with Crippen molar-refractivity contribution in [2.75, 3.05) is 12.4 Å². The van der Waals surface area contributed by atoms with E-state index in [1.165, 1.54) is 0 Å². The number of rotatable bonds is 3. The lowest BCUT2D eigenvalue weighted by molar-refractivity contribution is -0.145. The zero-order valence-electron chi connectivity index (χ0n) is 17.4. The number of ether oxygens (including phenoxy) is 1. The largest absolute Gasteiger partial charge is 0.497 e. The number of halogens is 4. The summed E-state index contributed by atoms with van der Waals surface area (Å²) in [5, 5.41) is 7.14. The number of ketones is 1. The molecule has 0 amide bonds. The van der Waals surface area contributed by atoms with E-state index in [0.29, 0.717) is 34.0 Å². The Labute approximate surface area is 192 Å². The Balaban J connectivity index is 1.61. The first kappa shape index (κ1) is 21.5. The Kier molecular flexibility index (Phi) is 5.16. The van der Waals surface area contributed by atoms with Gasteiger partial charge in [0.1, 0.15) is 11.8 Å². The van der Waals surface area contributed by atoms with Crippen molar-refractivity contribution in [2.24, 2.45) is 0 Å². The van der Waals surface area contributed by atoms with E-state index in [9.17, 15) is 18.0 Å². The number of carbonyl (C=O) groups is 1. The maximum absolute atomic E-state index is 13.4. The molecule has 0 saturated heterocycles. The molecule has 6 nitrogen and oxygen atoms in total. The molecule has 1 aromatic heterocycles. The Morgan fingerprint density at radius 3 is 2.58 bits per heavy atom. The average Bonchev–Trinajstić information content (AvgIpc) is 3.23. The van der Waals surface area contributed by atoms with Gasteiger partial charge < -0.3 is 10.1 Å². The fourth-order valence-corrected chi connectivity index (χ4v) is 4.54. The molecular formula is C23H18ClF3N4O2. The van der Waals surface area contributed by atoms with Gasteiger partial charge in [0, 0.05) is 22.7 Å². The quantitative estimate of drug-likeness (QED) is 0.552. The number of Topliss-reactive ketones (excluding diaryl/α,β-unsaturated/α-hetero) is 1. The molecule has 1 aliphatic carbocycles. The predicted octanol–water partition coefficient (Wildman–Crippen LogP) is 5.37. The lowest BCUT2D eigenvalue weighted by Crippen LogP contribution is -2.33. The van der Waals surface area contributed by atoms with Crippen LogP contribution < -0.4 is 10.1 Å². The van der Waals surface area contributed by atoms with E-state index in [1.54, 1.807) is 31.4 Å². The zero-order valence-corrected chi connectivity index (χ0v) is 18.1. The van der Waals surface area contributed by atoms with Crippen molar-refractivity contribution in [3.63, 3.8) is 0 Å². The lowest BCUT2D eigenvalue weighted by Gasteiger charge is -2.35. The van der Waals surface area contributed by atoms with E-state index < -0.39 is 18.0 Å². The molecule has 170 valence electrons. The van der Waals surface area contributed by atoms with Gasteiger partial charge in [-0.05, 0) is 47.7 Å². The van der Waals surface area contributed by atoms with Crippen LogP contribution in [0.1, 0.15) is 41.8 Å². The van der Waals surface area contributed by atoms with Crippen LogP contribution in [0.5, 0.6) is 5.75 Å². The van der Waals surface area contributed by atoms with Crippen LogP contribution >= 0.6 is 11.6 Å². The fraction of sp³-hybridized carbons (Fsp3) is 0.261.